The number of piperidine rings is 1. The molecule has 0 saturated carbocycles. The summed E-state index contributed by atoms with van der Waals surface area (Å²) in [5, 5.41) is 6.22. The number of para-hydroxylation sites is 1. The van der Waals surface area contributed by atoms with Gasteiger partial charge in [-0.3, -0.25) is 9.36 Å². The number of nitrogens with two attached hydrogens (primary N) is 1. The van der Waals surface area contributed by atoms with Gasteiger partial charge >= 0.3 is 0 Å². The molecule has 8 nitrogen and oxygen atoms in total. The first-order chi connectivity index (χ1) is 18.1. The number of aromatic nitrogens is 2. The highest BCUT2D eigenvalue weighted by atomic mass is 32.2. The van der Waals surface area contributed by atoms with Crippen LogP contribution in [0.25, 0.3) is 0 Å². The summed E-state index contributed by atoms with van der Waals surface area (Å²) in [6.07, 6.45) is 1.98. The minimum absolute atomic E-state index is 0.0838. The molecule has 2 aliphatic rings. The Balaban J connectivity index is 1.47. The van der Waals surface area contributed by atoms with E-state index in [4.69, 9.17) is 15.7 Å². The fourth-order valence-electron chi connectivity index (χ4n) is 4.72. The number of aliphatic imine (C=N–C) groups is 1. The monoisotopic (exact) mass is 513 g/mol. The lowest BCUT2D eigenvalue weighted by atomic mass is 10.1. The van der Waals surface area contributed by atoms with Gasteiger partial charge < -0.3 is 21.3 Å². The molecule has 2 aliphatic heterocycles. The summed E-state index contributed by atoms with van der Waals surface area (Å²) in [5.41, 5.74) is 9.44. The predicted octanol–water partition coefficient (Wildman–Crippen LogP) is 3.89. The molecule has 9 heteroatoms. The summed E-state index contributed by atoms with van der Waals surface area (Å²) in [5.74, 6) is 7.06. The zero-order valence-corrected chi connectivity index (χ0v) is 21.9. The van der Waals surface area contributed by atoms with Crippen LogP contribution >= 0.6 is 11.8 Å². The van der Waals surface area contributed by atoms with Crippen molar-refractivity contribution >= 4 is 40.8 Å². The molecule has 190 valence electrons. The van der Waals surface area contributed by atoms with Gasteiger partial charge in [-0.2, -0.15) is 4.98 Å². The number of rotatable bonds is 6. The molecular formula is C28H31N7OS. The smallest absolute Gasteiger partial charge is 0.272 e. The molecule has 1 unspecified atom stereocenters. The van der Waals surface area contributed by atoms with Gasteiger partial charge in [0, 0.05) is 41.5 Å². The molecule has 1 atom stereocenters. The second kappa shape index (κ2) is 11.1. The van der Waals surface area contributed by atoms with Crippen molar-refractivity contribution in [1.29, 1.82) is 0 Å². The van der Waals surface area contributed by atoms with Crippen molar-refractivity contribution in [2.75, 3.05) is 36.9 Å². The number of nitrogens with one attached hydrogen (secondary N) is 2. The first kappa shape index (κ1) is 24.9. The number of imidazole rings is 1. The molecule has 0 aliphatic carbocycles. The Morgan fingerprint density at radius 3 is 2.76 bits per heavy atom. The zero-order valence-electron chi connectivity index (χ0n) is 21.1. The van der Waals surface area contributed by atoms with E-state index in [9.17, 15) is 4.79 Å². The standard InChI is InChI=1S/C28H31N7OS/c1-3-4-16-35-25(26(30-2)33-28(35)34-15-9-10-19(29)18-34)27(36)31-17-22-20-11-5-7-13-23(20)37-24-14-8-6-12-21(24)32-22/h5-8,11-14,19,30H,9-10,15-18,29H2,1-2H3,(H,31,36). The third-order valence-electron chi connectivity index (χ3n) is 6.51. The van der Waals surface area contributed by atoms with Gasteiger partial charge in [-0.05, 0) is 38.0 Å². The van der Waals surface area contributed by atoms with E-state index in [-0.39, 0.29) is 18.5 Å². The Labute approximate surface area is 221 Å². The molecule has 37 heavy (non-hydrogen) atoms. The van der Waals surface area contributed by atoms with Crippen LogP contribution in [0.15, 0.2) is 63.3 Å². The third kappa shape index (κ3) is 5.22. The Hall–Kier alpha value is -3.74. The highest BCUT2D eigenvalue weighted by Crippen LogP contribution is 2.39. The van der Waals surface area contributed by atoms with Crippen LogP contribution in [-0.2, 0) is 6.54 Å². The van der Waals surface area contributed by atoms with Gasteiger partial charge in [0.2, 0.25) is 5.95 Å². The van der Waals surface area contributed by atoms with Crippen molar-refractivity contribution in [2.45, 2.75) is 42.1 Å². The van der Waals surface area contributed by atoms with Gasteiger partial charge in [0.25, 0.3) is 5.91 Å². The first-order valence-electron chi connectivity index (χ1n) is 12.5. The summed E-state index contributed by atoms with van der Waals surface area (Å²) < 4.78 is 1.89. The van der Waals surface area contributed by atoms with Crippen molar-refractivity contribution in [1.82, 2.24) is 14.9 Å². The van der Waals surface area contributed by atoms with Gasteiger partial charge in [0.15, 0.2) is 11.5 Å². The summed E-state index contributed by atoms with van der Waals surface area (Å²) >= 11 is 1.69. The predicted molar refractivity (Wildman–Crippen MR) is 150 cm³/mol. The molecule has 4 N–H and O–H groups in total. The van der Waals surface area contributed by atoms with E-state index in [0.29, 0.717) is 24.6 Å². The normalized spacial score (nSPS) is 16.5. The molecule has 1 fully saturated rings. The maximum atomic E-state index is 13.7. The summed E-state index contributed by atoms with van der Waals surface area (Å²) in [7, 11) is 1.78. The maximum absolute atomic E-state index is 13.7. The van der Waals surface area contributed by atoms with Crippen LogP contribution in [0, 0.1) is 11.8 Å². The molecule has 0 spiro atoms. The lowest BCUT2D eigenvalue weighted by Crippen LogP contribution is -2.44. The van der Waals surface area contributed by atoms with Crippen molar-refractivity contribution in [3.63, 3.8) is 0 Å². The van der Waals surface area contributed by atoms with Gasteiger partial charge in [-0.25, -0.2) is 4.99 Å². The molecule has 1 saturated heterocycles. The average molecular weight is 514 g/mol. The van der Waals surface area contributed by atoms with Crippen molar-refractivity contribution in [3.8, 4) is 11.8 Å². The van der Waals surface area contributed by atoms with E-state index in [1.54, 1.807) is 25.7 Å². The third-order valence-corrected chi connectivity index (χ3v) is 7.65. The fourth-order valence-corrected chi connectivity index (χ4v) is 5.77. The van der Waals surface area contributed by atoms with E-state index < -0.39 is 0 Å². The van der Waals surface area contributed by atoms with Gasteiger partial charge in [0.1, 0.15) is 0 Å². The summed E-state index contributed by atoms with van der Waals surface area (Å²) in [6, 6.07) is 16.3. The minimum atomic E-state index is -0.229. The molecule has 1 amide bonds. The Kier molecular flexibility index (Phi) is 7.49. The van der Waals surface area contributed by atoms with Crippen LogP contribution in [0.1, 0.15) is 35.8 Å². The highest BCUT2D eigenvalue weighted by Gasteiger charge is 2.28. The molecule has 0 radical (unpaired) electrons. The molecule has 3 aromatic rings. The van der Waals surface area contributed by atoms with Crippen LogP contribution in [-0.4, -0.2) is 53.9 Å². The van der Waals surface area contributed by atoms with E-state index in [0.717, 1.165) is 52.1 Å². The van der Waals surface area contributed by atoms with Crippen molar-refractivity contribution < 1.29 is 4.79 Å². The topological polar surface area (TPSA) is 101 Å². The Morgan fingerprint density at radius 2 is 1.97 bits per heavy atom. The number of benzene rings is 2. The molecule has 2 aromatic carbocycles. The van der Waals surface area contributed by atoms with E-state index in [1.165, 1.54) is 0 Å². The van der Waals surface area contributed by atoms with Crippen molar-refractivity contribution in [2.24, 2.45) is 10.7 Å². The molecule has 1 aromatic heterocycles. The summed E-state index contributed by atoms with van der Waals surface area (Å²) in [4.78, 5) is 27.8. The van der Waals surface area contributed by atoms with E-state index in [1.807, 2.05) is 34.9 Å². The fraction of sp³-hybridized carbons (Fsp3) is 0.321. The highest BCUT2D eigenvalue weighted by molar-refractivity contribution is 7.99. The molecular weight excluding hydrogens is 482 g/mol. The number of hydrogen-bond acceptors (Lipinski definition) is 7. The van der Waals surface area contributed by atoms with E-state index in [2.05, 4.69) is 45.6 Å². The Bertz CT molecular complexity index is 1400. The number of carbonyl (C=O) groups excluding carboxylic acids is 1. The average Bonchev–Trinajstić information content (AvgIpc) is 3.21. The number of anilines is 2. The minimum Gasteiger partial charge on any atom is -0.371 e. The van der Waals surface area contributed by atoms with Crippen LogP contribution in [0.2, 0.25) is 0 Å². The van der Waals surface area contributed by atoms with Crippen molar-refractivity contribution in [3.05, 3.63) is 59.8 Å². The number of fused-ring (bicyclic) bond motifs is 2. The number of amides is 1. The van der Waals surface area contributed by atoms with Crippen LogP contribution in [0.4, 0.5) is 17.5 Å². The van der Waals surface area contributed by atoms with E-state index >= 15 is 0 Å². The SMILES string of the molecule is CC#CCn1c(N2CCCC(N)C2)nc(NC)c1C(=O)NCC1=Nc2ccccc2Sc2ccccc21. The zero-order chi connectivity index (χ0) is 25.8. The van der Waals surface area contributed by atoms with Gasteiger partial charge in [0.05, 0.1) is 24.5 Å². The first-order valence-corrected chi connectivity index (χ1v) is 13.3. The number of carbonyl (C=O) groups is 1. The largest absolute Gasteiger partial charge is 0.371 e. The second-order valence-electron chi connectivity index (χ2n) is 9.03. The quantitative estimate of drug-likeness (QED) is 0.433. The van der Waals surface area contributed by atoms with Gasteiger partial charge in [-0.1, -0.05) is 48.0 Å². The molecule has 5 rings (SSSR count). The number of hydrogen-bond donors (Lipinski definition) is 3. The molecule has 0 bridgehead atoms. The Morgan fingerprint density at radius 1 is 1.19 bits per heavy atom. The number of nitrogens with zero attached hydrogens (tertiary/aromatic N) is 4. The maximum Gasteiger partial charge on any atom is 0.272 e. The summed E-state index contributed by atoms with van der Waals surface area (Å²) in [6.45, 7) is 3.99. The van der Waals surface area contributed by atoms with Crippen LogP contribution in [0.5, 0.6) is 0 Å². The lowest BCUT2D eigenvalue weighted by molar-refractivity contribution is 0.0951. The van der Waals surface area contributed by atoms with Crippen LogP contribution < -0.4 is 21.3 Å². The second-order valence-corrected chi connectivity index (χ2v) is 10.1. The lowest BCUT2D eigenvalue weighted by Gasteiger charge is -2.31. The molecule has 3 heterocycles. The van der Waals surface area contributed by atoms with Gasteiger partial charge in [-0.15, -0.1) is 5.92 Å². The van der Waals surface area contributed by atoms with Crippen LogP contribution in [0.3, 0.4) is 0 Å².